The van der Waals surface area contributed by atoms with Crippen molar-refractivity contribution >= 4 is 77.6 Å². The predicted molar refractivity (Wildman–Crippen MR) is 198 cm³/mol. The molecule has 0 saturated heterocycles. The molecule has 2 heterocycles. The highest BCUT2D eigenvalue weighted by molar-refractivity contribution is 6.14. The van der Waals surface area contributed by atoms with Gasteiger partial charge in [-0.25, -0.2) is 0 Å². The molecule has 0 N–H and O–H groups in total. The summed E-state index contributed by atoms with van der Waals surface area (Å²) in [5, 5.41) is 7.07. The minimum atomic E-state index is 0.780. The molecule has 0 saturated carbocycles. The van der Waals surface area contributed by atoms with Crippen LogP contribution >= 0.6 is 0 Å². The number of fused-ring (bicyclic) bond motifs is 8. The summed E-state index contributed by atoms with van der Waals surface area (Å²) in [6.45, 7) is 0. The minimum Gasteiger partial charge on any atom is -0.456 e. The number of anilines is 6. The van der Waals surface area contributed by atoms with Crippen LogP contribution in [0.4, 0.5) is 34.1 Å². The Balaban J connectivity index is 1.17. The fraction of sp³-hybridized carbons (Fsp3) is 0. The van der Waals surface area contributed by atoms with Gasteiger partial charge in [0, 0.05) is 34.0 Å². The molecule has 0 unspecified atom stereocenters. The van der Waals surface area contributed by atoms with Gasteiger partial charge in [-0.05, 0) is 76.8 Å². The smallest absolute Gasteiger partial charge is 0.153 e. The summed E-state index contributed by atoms with van der Waals surface area (Å²) in [7, 11) is 0. The van der Waals surface area contributed by atoms with Gasteiger partial charge in [0.1, 0.15) is 11.2 Å². The summed E-state index contributed by atoms with van der Waals surface area (Å²) in [4.78, 5) is 4.60. The first kappa shape index (κ1) is 26.7. The number of rotatable bonds is 4. The lowest BCUT2D eigenvalue weighted by Gasteiger charge is -2.34. The van der Waals surface area contributed by atoms with Gasteiger partial charge < -0.3 is 19.0 Å². The van der Waals surface area contributed by atoms with E-state index in [-0.39, 0.29) is 0 Å². The van der Waals surface area contributed by atoms with Crippen LogP contribution in [0.1, 0.15) is 0 Å². The van der Waals surface area contributed by atoms with E-state index in [1.807, 2.05) is 24.3 Å². The zero-order valence-electron chi connectivity index (χ0n) is 25.9. The third kappa shape index (κ3) is 4.10. The van der Waals surface area contributed by atoms with Crippen molar-refractivity contribution in [1.82, 2.24) is 0 Å². The standard InChI is InChI=1S/C44H28N2O2/c1-2-13-30(14-3-1)45(40-26-29-12-4-5-15-33(29)34-16-6-7-17-35(34)40)31-23-25-39-44(28-31)48-42-21-11-9-19-38(42)46(39)32-22-24-37-36-18-8-10-20-41(36)47-43(37)27-32/h1-28H. The van der Waals surface area contributed by atoms with Crippen LogP contribution < -0.4 is 14.5 Å². The van der Waals surface area contributed by atoms with Crippen molar-refractivity contribution in [1.29, 1.82) is 0 Å². The second-order valence-electron chi connectivity index (χ2n) is 12.2. The lowest BCUT2D eigenvalue weighted by Crippen LogP contribution is -2.17. The largest absolute Gasteiger partial charge is 0.456 e. The maximum absolute atomic E-state index is 6.69. The molecule has 0 atom stereocenters. The van der Waals surface area contributed by atoms with E-state index in [0.717, 1.165) is 67.6 Å². The van der Waals surface area contributed by atoms with Crippen LogP contribution in [0.2, 0.25) is 0 Å². The van der Waals surface area contributed by atoms with Crippen LogP contribution in [-0.2, 0) is 0 Å². The Morgan fingerprint density at radius 2 is 1.10 bits per heavy atom. The maximum atomic E-state index is 6.69. The van der Waals surface area contributed by atoms with E-state index in [4.69, 9.17) is 9.15 Å². The number of benzene rings is 8. The monoisotopic (exact) mass is 616 g/mol. The molecule has 10 rings (SSSR count). The number of para-hydroxylation sites is 4. The highest BCUT2D eigenvalue weighted by Crippen LogP contribution is 2.53. The molecule has 0 aliphatic carbocycles. The van der Waals surface area contributed by atoms with Gasteiger partial charge in [-0.1, -0.05) is 97.1 Å². The first-order valence-electron chi connectivity index (χ1n) is 16.2. The van der Waals surface area contributed by atoms with Gasteiger partial charge in [0.2, 0.25) is 0 Å². The number of hydrogen-bond donors (Lipinski definition) is 0. The van der Waals surface area contributed by atoms with Gasteiger partial charge in [-0.2, -0.15) is 0 Å². The summed E-state index contributed by atoms with van der Waals surface area (Å²) in [5.74, 6) is 1.58. The molecule has 0 spiro atoms. The maximum Gasteiger partial charge on any atom is 0.153 e. The highest BCUT2D eigenvalue weighted by Gasteiger charge is 2.28. The lowest BCUT2D eigenvalue weighted by atomic mass is 9.99. The molecular weight excluding hydrogens is 588 g/mol. The van der Waals surface area contributed by atoms with Crippen LogP contribution in [0.5, 0.6) is 11.5 Å². The molecule has 48 heavy (non-hydrogen) atoms. The Morgan fingerprint density at radius 1 is 0.417 bits per heavy atom. The van der Waals surface area contributed by atoms with E-state index in [1.54, 1.807) is 0 Å². The summed E-state index contributed by atoms with van der Waals surface area (Å²) in [5.41, 5.74) is 7.88. The third-order valence-corrected chi connectivity index (χ3v) is 9.39. The summed E-state index contributed by atoms with van der Waals surface area (Å²) in [6, 6.07) is 59.5. The third-order valence-electron chi connectivity index (χ3n) is 9.39. The Bertz CT molecular complexity index is 2680. The zero-order chi connectivity index (χ0) is 31.6. The van der Waals surface area contributed by atoms with Crippen LogP contribution in [0.25, 0.3) is 43.5 Å². The van der Waals surface area contributed by atoms with Crippen molar-refractivity contribution in [3.63, 3.8) is 0 Å². The number of nitrogens with zero attached hydrogens (tertiary/aromatic N) is 2. The van der Waals surface area contributed by atoms with E-state index in [9.17, 15) is 0 Å². The van der Waals surface area contributed by atoms with Crippen molar-refractivity contribution < 1.29 is 9.15 Å². The molecule has 1 aliphatic rings. The zero-order valence-corrected chi connectivity index (χ0v) is 25.9. The molecule has 4 heteroatoms. The average molecular weight is 617 g/mol. The van der Waals surface area contributed by atoms with Gasteiger partial charge >= 0.3 is 0 Å². The van der Waals surface area contributed by atoms with Crippen molar-refractivity contribution in [3.8, 4) is 11.5 Å². The van der Waals surface area contributed by atoms with Gasteiger partial charge in [-0.15, -0.1) is 0 Å². The van der Waals surface area contributed by atoms with Gasteiger partial charge in [0.05, 0.1) is 28.4 Å². The minimum absolute atomic E-state index is 0.780. The van der Waals surface area contributed by atoms with Crippen molar-refractivity contribution in [3.05, 3.63) is 170 Å². The second kappa shape index (κ2) is 10.5. The van der Waals surface area contributed by atoms with Crippen molar-refractivity contribution in [2.24, 2.45) is 0 Å². The highest BCUT2D eigenvalue weighted by atomic mass is 16.5. The van der Waals surface area contributed by atoms with E-state index >= 15 is 0 Å². The van der Waals surface area contributed by atoms with E-state index in [2.05, 4.69) is 155 Å². The molecule has 0 radical (unpaired) electrons. The van der Waals surface area contributed by atoms with Crippen LogP contribution in [0, 0.1) is 0 Å². The Morgan fingerprint density at radius 3 is 2.00 bits per heavy atom. The molecule has 0 amide bonds. The summed E-state index contributed by atoms with van der Waals surface area (Å²) >= 11 is 0. The molecule has 0 bridgehead atoms. The summed E-state index contributed by atoms with van der Waals surface area (Å²) in [6.07, 6.45) is 0. The molecule has 226 valence electrons. The first-order valence-corrected chi connectivity index (χ1v) is 16.2. The lowest BCUT2D eigenvalue weighted by molar-refractivity contribution is 0.477. The molecule has 0 fully saturated rings. The van der Waals surface area contributed by atoms with Gasteiger partial charge in [-0.3, -0.25) is 0 Å². The Labute approximate surface area is 277 Å². The van der Waals surface area contributed by atoms with Gasteiger partial charge in [0.15, 0.2) is 11.5 Å². The Kier molecular flexibility index (Phi) is 5.84. The second-order valence-corrected chi connectivity index (χ2v) is 12.2. The fourth-order valence-corrected chi connectivity index (χ4v) is 7.24. The van der Waals surface area contributed by atoms with Crippen LogP contribution in [0.15, 0.2) is 174 Å². The first-order chi connectivity index (χ1) is 23.8. The van der Waals surface area contributed by atoms with Crippen LogP contribution in [-0.4, -0.2) is 0 Å². The molecule has 1 aromatic heterocycles. The Hall–Kier alpha value is -6.52. The number of furan rings is 1. The molecule has 4 nitrogen and oxygen atoms in total. The quantitative estimate of drug-likeness (QED) is 0.184. The molecular formula is C44H28N2O2. The molecule has 1 aliphatic heterocycles. The normalized spacial score (nSPS) is 12.3. The molecule has 8 aromatic carbocycles. The number of hydrogen-bond acceptors (Lipinski definition) is 4. The van der Waals surface area contributed by atoms with Crippen molar-refractivity contribution in [2.75, 3.05) is 9.80 Å². The number of ether oxygens (including phenoxy) is 1. The van der Waals surface area contributed by atoms with Crippen LogP contribution in [0.3, 0.4) is 0 Å². The van der Waals surface area contributed by atoms with E-state index in [1.165, 1.54) is 21.5 Å². The molecule has 9 aromatic rings. The van der Waals surface area contributed by atoms with E-state index < -0.39 is 0 Å². The summed E-state index contributed by atoms with van der Waals surface area (Å²) < 4.78 is 13.0. The van der Waals surface area contributed by atoms with Crippen molar-refractivity contribution in [2.45, 2.75) is 0 Å². The fourth-order valence-electron chi connectivity index (χ4n) is 7.24. The van der Waals surface area contributed by atoms with E-state index in [0.29, 0.717) is 0 Å². The van der Waals surface area contributed by atoms with Gasteiger partial charge in [0.25, 0.3) is 0 Å². The average Bonchev–Trinajstić information content (AvgIpc) is 3.52. The topological polar surface area (TPSA) is 28.9 Å². The SMILES string of the molecule is c1ccc(N(c2ccc3c(c2)Oc2ccccc2N3c2ccc3c(c2)oc2ccccc23)c2cc3ccccc3c3ccccc23)cc1. The predicted octanol–water partition coefficient (Wildman–Crippen LogP) is 12.9.